The van der Waals surface area contributed by atoms with E-state index in [0.29, 0.717) is 0 Å². The molecule has 1 N–H and O–H groups in total. The number of benzene rings is 1. The van der Waals surface area contributed by atoms with Crippen molar-refractivity contribution in [3.05, 3.63) is 26.7 Å². The molecule has 0 amide bonds. The van der Waals surface area contributed by atoms with E-state index >= 15 is 0 Å². The van der Waals surface area contributed by atoms with E-state index in [9.17, 15) is 5.11 Å². The second-order valence-corrected chi connectivity index (χ2v) is 4.15. The zero-order valence-corrected chi connectivity index (χ0v) is 10.5. The Morgan fingerprint density at radius 2 is 1.71 bits per heavy atom. The predicted octanol–water partition coefficient (Wildman–Crippen LogP) is 2.88. The fraction of sp³-hybridized carbons (Fsp3) is 0.455. The van der Waals surface area contributed by atoms with Crippen LogP contribution in [0.25, 0.3) is 0 Å². The maximum Gasteiger partial charge on any atom is 0.127 e. The number of aliphatic hydroxyl groups is 1. The largest absolute Gasteiger partial charge is 0.496 e. The summed E-state index contributed by atoms with van der Waals surface area (Å²) >= 11 is 3.52. The summed E-state index contributed by atoms with van der Waals surface area (Å²) in [5.41, 5.74) is 4.15. The van der Waals surface area contributed by atoms with Crippen molar-refractivity contribution in [3.63, 3.8) is 0 Å². The summed E-state index contributed by atoms with van der Waals surface area (Å²) in [6.45, 7) is 6.02. The number of halogens is 1. The number of aliphatic hydroxyl groups excluding tert-OH is 1. The lowest BCUT2D eigenvalue weighted by Crippen LogP contribution is -2.01. The topological polar surface area (TPSA) is 29.5 Å². The van der Waals surface area contributed by atoms with E-state index in [1.165, 1.54) is 0 Å². The summed E-state index contributed by atoms with van der Waals surface area (Å²) in [6, 6.07) is 0. The van der Waals surface area contributed by atoms with Crippen LogP contribution in [0.4, 0.5) is 0 Å². The Hall–Kier alpha value is -0.540. The van der Waals surface area contributed by atoms with Crippen molar-refractivity contribution in [1.82, 2.24) is 0 Å². The first kappa shape index (κ1) is 11.5. The molecule has 0 bridgehead atoms. The minimum Gasteiger partial charge on any atom is -0.496 e. The van der Waals surface area contributed by atoms with Gasteiger partial charge in [-0.15, -0.1) is 0 Å². The Morgan fingerprint density at radius 3 is 2.14 bits per heavy atom. The molecule has 0 fully saturated rings. The Balaban J connectivity index is 3.57. The van der Waals surface area contributed by atoms with Gasteiger partial charge in [0.15, 0.2) is 0 Å². The van der Waals surface area contributed by atoms with E-state index in [2.05, 4.69) is 15.9 Å². The highest BCUT2D eigenvalue weighted by Crippen LogP contribution is 2.35. The van der Waals surface area contributed by atoms with Gasteiger partial charge in [0.2, 0.25) is 0 Å². The summed E-state index contributed by atoms with van der Waals surface area (Å²) in [6.07, 6.45) is 0. The summed E-state index contributed by atoms with van der Waals surface area (Å²) in [4.78, 5) is 0. The first-order valence-corrected chi connectivity index (χ1v) is 5.26. The van der Waals surface area contributed by atoms with Crippen molar-refractivity contribution in [1.29, 1.82) is 0 Å². The van der Waals surface area contributed by atoms with Gasteiger partial charge in [0, 0.05) is 10.0 Å². The van der Waals surface area contributed by atoms with Crippen LogP contribution in [0.5, 0.6) is 5.75 Å². The van der Waals surface area contributed by atoms with Gasteiger partial charge >= 0.3 is 0 Å². The number of hydrogen-bond acceptors (Lipinski definition) is 2. The highest BCUT2D eigenvalue weighted by atomic mass is 79.9. The van der Waals surface area contributed by atoms with Crippen LogP contribution in [0.2, 0.25) is 0 Å². The molecule has 1 aromatic rings. The molecular weight excluding hydrogens is 244 g/mol. The zero-order chi connectivity index (χ0) is 10.9. The summed E-state index contributed by atoms with van der Waals surface area (Å²) in [5.74, 6) is 0.797. The Morgan fingerprint density at radius 1 is 1.14 bits per heavy atom. The third-order valence-corrected chi connectivity index (χ3v) is 3.84. The van der Waals surface area contributed by atoms with Gasteiger partial charge in [0.25, 0.3) is 0 Å². The van der Waals surface area contributed by atoms with Gasteiger partial charge in [-0.05, 0) is 37.5 Å². The molecule has 0 saturated carbocycles. The lowest BCUT2D eigenvalue weighted by Gasteiger charge is -2.17. The smallest absolute Gasteiger partial charge is 0.127 e. The lowest BCUT2D eigenvalue weighted by atomic mass is 9.99. The number of rotatable bonds is 2. The lowest BCUT2D eigenvalue weighted by molar-refractivity contribution is 0.272. The van der Waals surface area contributed by atoms with Gasteiger partial charge in [-0.3, -0.25) is 0 Å². The molecule has 0 spiro atoms. The highest BCUT2D eigenvalue weighted by molar-refractivity contribution is 9.10. The molecule has 2 nitrogen and oxygen atoms in total. The predicted molar refractivity (Wildman–Crippen MR) is 60.8 cm³/mol. The highest BCUT2D eigenvalue weighted by Gasteiger charge is 2.15. The van der Waals surface area contributed by atoms with E-state index in [1.54, 1.807) is 7.11 Å². The van der Waals surface area contributed by atoms with E-state index in [-0.39, 0.29) is 6.61 Å². The molecule has 14 heavy (non-hydrogen) atoms. The van der Waals surface area contributed by atoms with Crippen LogP contribution in [-0.4, -0.2) is 12.2 Å². The minimum absolute atomic E-state index is 0.00866. The fourth-order valence-electron chi connectivity index (χ4n) is 1.61. The quantitative estimate of drug-likeness (QED) is 0.884. The van der Waals surface area contributed by atoms with Gasteiger partial charge in [-0.1, -0.05) is 15.9 Å². The summed E-state index contributed by atoms with van der Waals surface area (Å²) < 4.78 is 6.36. The van der Waals surface area contributed by atoms with Crippen LogP contribution in [0, 0.1) is 20.8 Å². The second-order valence-electron chi connectivity index (χ2n) is 3.36. The SMILES string of the molecule is COc1c(C)c(C)c(Br)c(C)c1CO. The summed E-state index contributed by atoms with van der Waals surface area (Å²) in [7, 11) is 1.63. The molecule has 0 saturated heterocycles. The van der Waals surface area contributed by atoms with Crippen molar-refractivity contribution < 1.29 is 9.84 Å². The molecule has 1 rings (SSSR count). The number of methoxy groups -OCH3 is 1. The van der Waals surface area contributed by atoms with Gasteiger partial charge in [-0.2, -0.15) is 0 Å². The van der Waals surface area contributed by atoms with Crippen LogP contribution < -0.4 is 4.74 Å². The Labute approximate surface area is 93.0 Å². The van der Waals surface area contributed by atoms with Crippen molar-refractivity contribution in [2.45, 2.75) is 27.4 Å². The average Bonchev–Trinajstić information content (AvgIpc) is 2.20. The maximum absolute atomic E-state index is 9.27. The van der Waals surface area contributed by atoms with E-state index in [1.807, 2.05) is 20.8 Å². The van der Waals surface area contributed by atoms with Crippen molar-refractivity contribution >= 4 is 15.9 Å². The molecule has 78 valence electrons. The van der Waals surface area contributed by atoms with Gasteiger partial charge < -0.3 is 9.84 Å². The summed E-state index contributed by atoms with van der Waals surface area (Å²) in [5, 5.41) is 9.27. The molecule has 0 heterocycles. The molecule has 0 radical (unpaired) electrons. The third kappa shape index (κ3) is 1.66. The number of hydrogen-bond donors (Lipinski definition) is 1. The third-order valence-electron chi connectivity index (χ3n) is 2.65. The van der Waals surface area contributed by atoms with Crippen LogP contribution >= 0.6 is 15.9 Å². The molecule has 3 heteroatoms. The minimum atomic E-state index is 0.00866. The number of ether oxygens (including phenoxy) is 1. The maximum atomic E-state index is 9.27. The van der Waals surface area contributed by atoms with E-state index in [4.69, 9.17) is 4.74 Å². The van der Waals surface area contributed by atoms with Gasteiger partial charge in [0.05, 0.1) is 13.7 Å². The van der Waals surface area contributed by atoms with Crippen LogP contribution in [0.1, 0.15) is 22.3 Å². The molecule has 0 aliphatic rings. The monoisotopic (exact) mass is 258 g/mol. The van der Waals surface area contributed by atoms with Gasteiger partial charge in [0.1, 0.15) is 5.75 Å². The van der Waals surface area contributed by atoms with Crippen molar-refractivity contribution in [2.75, 3.05) is 7.11 Å². The van der Waals surface area contributed by atoms with Crippen molar-refractivity contribution in [3.8, 4) is 5.75 Å². The first-order chi connectivity index (χ1) is 6.54. The van der Waals surface area contributed by atoms with E-state index < -0.39 is 0 Å². The van der Waals surface area contributed by atoms with Crippen molar-refractivity contribution in [2.24, 2.45) is 0 Å². The average molecular weight is 259 g/mol. The van der Waals surface area contributed by atoms with Crippen LogP contribution in [0.15, 0.2) is 4.47 Å². The molecule has 0 aliphatic heterocycles. The fourth-order valence-corrected chi connectivity index (χ4v) is 2.15. The molecular formula is C11H15BrO2. The second kappa shape index (κ2) is 4.32. The molecule has 0 atom stereocenters. The standard InChI is InChI=1S/C11H15BrO2/c1-6-7(2)11(14-4)9(5-13)8(3)10(6)12/h13H,5H2,1-4H3. The normalized spacial score (nSPS) is 10.4. The van der Waals surface area contributed by atoms with Gasteiger partial charge in [-0.25, -0.2) is 0 Å². The van der Waals surface area contributed by atoms with E-state index in [0.717, 1.165) is 32.5 Å². The zero-order valence-electron chi connectivity index (χ0n) is 8.94. The molecule has 0 unspecified atom stereocenters. The van der Waals surface area contributed by atoms with Crippen LogP contribution in [0.3, 0.4) is 0 Å². The molecule has 0 aliphatic carbocycles. The Kier molecular flexibility index (Phi) is 3.56. The Bertz CT molecular complexity index is 324. The van der Waals surface area contributed by atoms with Crippen LogP contribution in [-0.2, 0) is 6.61 Å². The molecule has 1 aromatic carbocycles. The molecule has 0 aromatic heterocycles. The first-order valence-electron chi connectivity index (χ1n) is 4.47.